The van der Waals surface area contributed by atoms with E-state index < -0.39 is 0 Å². The van der Waals surface area contributed by atoms with Crippen molar-refractivity contribution >= 4 is 28.8 Å². The molecule has 0 aliphatic rings. The second-order valence-electron chi connectivity index (χ2n) is 3.80. The zero-order valence-electron chi connectivity index (χ0n) is 9.21. The average molecular weight is 246 g/mol. The third kappa shape index (κ3) is 3.50. The summed E-state index contributed by atoms with van der Waals surface area (Å²) in [5, 5.41) is 2.95. The molecule has 1 heterocycles. The molecule has 1 amide bonds. The number of carbonyl (C=O) groups is 1. The fourth-order valence-corrected chi connectivity index (χ4v) is 2.15. The molecular weight excluding hydrogens is 230 g/mol. The van der Waals surface area contributed by atoms with Crippen LogP contribution in [0.5, 0.6) is 0 Å². The molecule has 15 heavy (non-hydrogen) atoms. The molecule has 0 aliphatic heterocycles. The summed E-state index contributed by atoms with van der Waals surface area (Å²) in [5.74, 6) is 0.847. The molecule has 84 valence electrons. The van der Waals surface area contributed by atoms with Gasteiger partial charge in [-0.2, -0.15) is 0 Å². The summed E-state index contributed by atoms with van der Waals surface area (Å²) in [7, 11) is 0. The largest absolute Gasteiger partial charge is 0.349 e. The van der Waals surface area contributed by atoms with Gasteiger partial charge in [-0.05, 0) is 31.9 Å². The predicted octanol–water partition coefficient (Wildman–Crippen LogP) is 3.05. The van der Waals surface area contributed by atoms with E-state index in [1.165, 1.54) is 11.3 Å². The van der Waals surface area contributed by atoms with Crippen LogP contribution < -0.4 is 5.32 Å². The molecule has 1 aromatic rings. The minimum atomic E-state index is -0.00225. The van der Waals surface area contributed by atoms with Crippen LogP contribution in [0.25, 0.3) is 0 Å². The molecular formula is C11H16ClNOS. The minimum absolute atomic E-state index is 0.00225. The van der Waals surface area contributed by atoms with Gasteiger partial charge in [0.1, 0.15) is 0 Å². The molecule has 2 nitrogen and oxygen atoms in total. The molecule has 0 aromatic carbocycles. The van der Waals surface area contributed by atoms with Gasteiger partial charge in [-0.25, -0.2) is 0 Å². The number of rotatable bonds is 4. The highest BCUT2D eigenvalue weighted by molar-refractivity contribution is 7.13. The Kier molecular flexibility index (Phi) is 4.61. The van der Waals surface area contributed by atoms with Crippen molar-refractivity contribution in [2.45, 2.75) is 26.8 Å². The normalized spacial score (nSPS) is 14.7. The number of hydrogen-bond donors (Lipinski definition) is 1. The van der Waals surface area contributed by atoms with Gasteiger partial charge in [-0.3, -0.25) is 4.79 Å². The highest BCUT2D eigenvalue weighted by atomic mass is 35.5. The van der Waals surface area contributed by atoms with Gasteiger partial charge in [-0.1, -0.05) is 6.92 Å². The zero-order chi connectivity index (χ0) is 11.4. The first-order chi connectivity index (χ1) is 7.04. The lowest BCUT2D eigenvalue weighted by molar-refractivity contribution is 0.0935. The minimum Gasteiger partial charge on any atom is -0.349 e. The number of carbonyl (C=O) groups excluding carboxylic acids is 1. The van der Waals surface area contributed by atoms with Gasteiger partial charge in [0, 0.05) is 16.8 Å². The Morgan fingerprint density at radius 2 is 2.20 bits per heavy atom. The maximum atomic E-state index is 11.7. The lowest BCUT2D eigenvalue weighted by atomic mass is 10.1. The molecule has 0 fully saturated rings. The van der Waals surface area contributed by atoms with Crippen molar-refractivity contribution in [3.8, 4) is 0 Å². The van der Waals surface area contributed by atoms with E-state index in [-0.39, 0.29) is 17.9 Å². The van der Waals surface area contributed by atoms with Crippen molar-refractivity contribution in [1.29, 1.82) is 0 Å². The lowest BCUT2D eigenvalue weighted by Gasteiger charge is -2.18. The van der Waals surface area contributed by atoms with Crippen LogP contribution in [0.1, 0.15) is 28.4 Å². The third-order valence-electron chi connectivity index (χ3n) is 2.42. The number of hydrogen-bond acceptors (Lipinski definition) is 2. The average Bonchev–Trinajstić information content (AvgIpc) is 2.63. The highest BCUT2D eigenvalue weighted by Gasteiger charge is 2.15. The van der Waals surface area contributed by atoms with Crippen molar-refractivity contribution in [3.05, 3.63) is 21.9 Å². The Balaban J connectivity index is 2.56. The number of alkyl halides is 1. The van der Waals surface area contributed by atoms with Gasteiger partial charge in [0.25, 0.3) is 5.91 Å². The lowest BCUT2D eigenvalue weighted by Crippen LogP contribution is -2.37. The Labute approximate surface area is 99.6 Å². The maximum absolute atomic E-state index is 11.7. The van der Waals surface area contributed by atoms with Gasteiger partial charge in [0.2, 0.25) is 0 Å². The summed E-state index contributed by atoms with van der Waals surface area (Å²) in [5.41, 5.74) is 0. The van der Waals surface area contributed by atoms with Crippen LogP contribution in [-0.4, -0.2) is 17.8 Å². The number of nitrogens with one attached hydrogen (secondary N) is 1. The van der Waals surface area contributed by atoms with Crippen LogP contribution >= 0.6 is 22.9 Å². The molecule has 4 heteroatoms. The Hall–Kier alpha value is -0.540. The highest BCUT2D eigenvalue weighted by Crippen LogP contribution is 2.15. The Morgan fingerprint density at radius 3 is 2.67 bits per heavy atom. The first kappa shape index (κ1) is 12.5. The summed E-state index contributed by atoms with van der Waals surface area (Å²) >= 11 is 7.24. The van der Waals surface area contributed by atoms with Crippen LogP contribution in [0.3, 0.4) is 0 Å². The van der Waals surface area contributed by atoms with E-state index in [9.17, 15) is 4.79 Å². The zero-order valence-corrected chi connectivity index (χ0v) is 10.8. The van der Waals surface area contributed by atoms with E-state index in [2.05, 4.69) is 5.32 Å². The SMILES string of the molecule is Cc1ccc(C(=O)NC(C)C(C)CCl)s1. The van der Waals surface area contributed by atoms with E-state index in [0.717, 1.165) is 9.75 Å². The Morgan fingerprint density at radius 1 is 1.53 bits per heavy atom. The second kappa shape index (κ2) is 5.52. The molecule has 0 spiro atoms. The van der Waals surface area contributed by atoms with Crippen molar-refractivity contribution < 1.29 is 4.79 Å². The Bertz CT molecular complexity index is 337. The molecule has 2 atom stereocenters. The van der Waals surface area contributed by atoms with E-state index in [4.69, 9.17) is 11.6 Å². The van der Waals surface area contributed by atoms with Crippen LogP contribution in [0, 0.1) is 12.8 Å². The van der Waals surface area contributed by atoms with Gasteiger partial charge in [0.15, 0.2) is 0 Å². The first-order valence-electron chi connectivity index (χ1n) is 4.98. The van der Waals surface area contributed by atoms with Gasteiger partial charge >= 0.3 is 0 Å². The van der Waals surface area contributed by atoms with Crippen molar-refractivity contribution in [3.63, 3.8) is 0 Å². The molecule has 0 aliphatic carbocycles. The number of amides is 1. The smallest absolute Gasteiger partial charge is 0.261 e. The predicted molar refractivity (Wildman–Crippen MR) is 65.9 cm³/mol. The summed E-state index contributed by atoms with van der Waals surface area (Å²) in [6, 6.07) is 3.92. The maximum Gasteiger partial charge on any atom is 0.261 e. The van der Waals surface area contributed by atoms with Gasteiger partial charge < -0.3 is 5.32 Å². The molecule has 0 bridgehead atoms. The topological polar surface area (TPSA) is 29.1 Å². The summed E-state index contributed by atoms with van der Waals surface area (Å²) in [6.45, 7) is 6.00. The van der Waals surface area contributed by atoms with Crippen molar-refractivity contribution in [2.24, 2.45) is 5.92 Å². The van der Waals surface area contributed by atoms with Gasteiger partial charge in [-0.15, -0.1) is 22.9 Å². The number of halogens is 1. The van der Waals surface area contributed by atoms with Crippen LogP contribution in [0.4, 0.5) is 0 Å². The summed E-state index contributed by atoms with van der Waals surface area (Å²) < 4.78 is 0. The van der Waals surface area contributed by atoms with E-state index in [0.29, 0.717) is 5.88 Å². The molecule has 1 N–H and O–H groups in total. The van der Waals surface area contributed by atoms with E-state index in [1.54, 1.807) is 0 Å². The first-order valence-corrected chi connectivity index (χ1v) is 6.33. The molecule has 1 rings (SSSR count). The summed E-state index contributed by atoms with van der Waals surface area (Å²) in [6.07, 6.45) is 0. The quantitative estimate of drug-likeness (QED) is 0.812. The van der Waals surface area contributed by atoms with Crippen LogP contribution in [-0.2, 0) is 0 Å². The van der Waals surface area contributed by atoms with Crippen molar-refractivity contribution in [2.75, 3.05) is 5.88 Å². The summed E-state index contributed by atoms with van der Waals surface area (Å²) in [4.78, 5) is 13.7. The van der Waals surface area contributed by atoms with E-state index in [1.807, 2.05) is 32.9 Å². The molecule has 0 radical (unpaired) electrons. The number of aryl methyl sites for hydroxylation is 1. The van der Waals surface area contributed by atoms with Crippen LogP contribution in [0.2, 0.25) is 0 Å². The fraction of sp³-hybridized carbons (Fsp3) is 0.545. The molecule has 0 saturated carbocycles. The monoisotopic (exact) mass is 245 g/mol. The fourth-order valence-electron chi connectivity index (χ4n) is 1.11. The van der Waals surface area contributed by atoms with Crippen molar-refractivity contribution in [1.82, 2.24) is 5.32 Å². The number of thiophene rings is 1. The third-order valence-corrected chi connectivity index (χ3v) is 3.91. The molecule has 2 unspecified atom stereocenters. The standard InChI is InChI=1S/C11H16ClNOS/c1-7(6-12)9(3)13-11(14)10-5-4-8(2)15-10/h4-5,7,9H,6H2,1-3H3,(H,13,14). The second-order valence-corrected chi connectivity index (χ2v) is 5.40. The van der Waals surface area contributed by atoms with E-state index >= 15 is 0 Å². The molecule has 1 aromatic heterocycles. The molecule has 0 saturated heterocycles. The van der Waals surface area contributed by atoms with Crippen LogP contribution in [0.15, 0.2) is 12.1 Å². The van der Waals surface area contributed by atoms with Gasteiger partial charge in [0.05, 0.1) is 4.88 Å².